The van der Waals surface area contributed by atoms with Crippen LogP contribution in [0.1, 0.15) is 21.5 Å². The number of aromatic nitrogens is 1. The van der Waals surface area contributed by atoms with E-state index in [1.54, 1.807) is 18.2 Å². The molecule has 1 aromatic heterocycles. The normalized spacial score (nSPS) is 11.5. The SMILES string of the molecule is Cc1cccc(C(=O)Nc2ccnc3ccc(C(F)(F)F)cc23)c1. The summed E-state index contributed by atoms with van der Waals surface area (Å²) < 4.78 is 38.7. The van der Waals surface area contributed by atoms with Crippen LogP contribution in [0, 0.1) is 6.92 Å². The molecule has 24 heavy (non-hydrogen) atoms. The number of carbonyl (C=O) groups excluding carboxylic acids is 1. The Morgan fingerprint density at radius 1 is 1.08 bits per heavy atom. The lowest BCUT2D eigenvalue weighted by Gasteiger charge is -2.11. The lowest BCUT2D eigenvalue weighted by atomic mass is 10.1. The molecule has 0 radical (unpaired) electrons. The number of hydrogen-bond donors (Lipinski definition) is 1. The second kappa shape index (κ2) is 5.96. The van der Waals surface area contributed by atoms with Crippen molar-refractivity contribution >= 4 is 22.5 Å². The molecule has 0 aliphatic carbocycles. The molecule has 0 saturated heterocycles. The molecule has 0 aliphatic rings. The summed E-state index contributed by atoms with van der Waals surface area (Å²) in [5.41, 5.74) is 1.24. The molecule has 1 N–H and O–H groups in total. The van der Waals surface area contributed by atoms with Gasteiger partial charge in [0.15, 0.2) is 0 Å². The maximum atomic E-state index is 12.9. The van der Waals surface area contributed by atoms with E-state index < -0.39 is 11.7 Å². The Hall–Kier alpha value is -2.89. The number of fused-ring (bicyclic) bond motifs is 1. The van der Waals surface area contributed by atoms with Crippen molar-refractivity contribution in [1.82, 2.24) is 4.98 Å². The lowest BCUT2D eigenvalue weighted by molar-refractivity contribution is -0.137. The first-order valence-electron chi connectivity index (χ1n) is 7.18. The van der Waals surface area contributed by atoms with Gasteiger partial charge in [-0.1, -0.05) is 17.7 Å². The average molecular weight is 330 g/mol. The van der Waals surface area contributed by atoms with Gasteiger partial charge in [0.1, 0.15) is 0 Å². The van der Waals surface area contributed by atoms with Crippen LogP contribution in [0.2, 0.25) is 0 Å². The van der Waals surface area contributed by atoms with E-state index >= 15 is 0 Å². The summed E-state index contributed by atoms with van der Waals surface area (Å²) in [6, 6.07) is 11.7. The largest absolute Gasteiger partial charge is 0.416 e. The van der Waals surface area contributed by atoms with Gasteiger partial charge < -0.3 is 5.32 Å². The van der Waals surface area contributed by atoms with Crippen LogP contribution >= 0.6 is 0 Å². The summed E-state index contributed by atoms with van der Waals surface area (Å²) in [6.45, 7) is 1.86. The van der Waals surface area contributed by atoms with Crippen LogP contribution in [0.5, 0.6) is 0 Å². The van der Waals surface area contributed by atoms with E-state index in [1.807, 2.05) is 13.0 Å². The topological polar surface area (TPSA) is 42.0 Å². The maximum Gasteiger partial charge on any atom is 0.416 e. The van der Waals surface area contributed by atoms with Crippen molar-refractivity contribution in [3.63, 3.8) is 0 Å². The van der Waals surface area contributed by atoms with Gasteiger partial charge in [-0.25, -0.2) is 0 Å². The van der Waals surface area contributed by atoms with Crippen LogP contribution in [0.4, 0.5) is 18.9 Å². The Balaban J connectivity index is 2.01. The van der Waals surface area contributed by atoms with E-state index in [2.05, 4.69) is 10.3 Å². The van der Waals surface area contributed by atoms with Crippen molar-refractivity contribution < 1.29 is 18.0 Å². The summed E-state index contributed by atoms with van der Waals surface area (Å²) in [7, 11) is 0. The van der Waals surface area contributed by atoms with Gasteiger partial charge >= 0.3 is 6.18 Å². The minimum Gasteiger partial charge on any atom is -0.321 e. The molecule has 1 amide bonds. The molecule has 0 fully saturated rings. The minimum absolute atomic E-state index is 0.244. The van der Waals surface area contributed by atoms with Gasteiger partial charge in [0.25, 0.3) is 5.91 Å². The zero-order valence-corrected chi connectivity index (χ0v) is 12.7. The second-order valence-corrected chi connectivity index (χ2v) is 5.41. The molecule has 1 heterocycles. The molecule has 3 nitrogen and oxygen atoms in total. The predicted octanol–water partition coefficient (Wildman–Crippen LogP) is 4.81. The van der Waals surface area contributed by atoms with E-state index in [9.17, 15) is 18.0 Å². The molecular weight excluding hydrogens is 317 g/mol. The van der Waals surface area contributed by atoms with Crippen molar-refractivity contribution in [3.05, 3.63) is 71.4 Å². The van der Waals surface area contributed by atoms with E-state index in [0.717, 1.165) is 17.7 Å². The first-order chi connectivity index (χ1) is 11.3. The fraction of sp³-hybridized carbons (Fsp3) is 0.111. The lowest BCUT2D eigenvalue weighted by Crippen LogP contribution is -2.12. The number of benzene rings is 2. The van der Waals surface area contributed by atoms with E-state index in [1.165, 1.54) is 18.3 Å². The van der Waals surface area contributed by atoms with Crippen LogP contribution in [0.3, 0.4) is 0 Å². The molecule has 0 atom stereocenters. The molecule has 2 aromatic carbocycles. The molecule has 0 spiro atoms. The van der Waals surface area contributed by atoms with Gasteiger partial charge in [-0.15, -0.1) is 0 Å². The van der Waals surface area contributed by atoms with Crippen molar-refractivity contribution in [1.29, 1.82) is 0 Å². The number of amides is 1. The molecule has 3 aromatic rings. The summed E-state index contributed by atoms with van der Waals surface area (Å²) in [6.07, 6.45) is -3.01. The Bertz CT molecular complexity index is 920. The van der Waals surface area contributed by atoms with Crippen LogP contribution < -0.4 is 5.32 Å². The molecule has 0 bridgehead atoms. The van der Waals surface area contributed by atoms with Crippen molar-refractivity contribution in [2.24, 2.45) is 0 Å². The van der Waals surface area contributed by atoms with Gasteiger partial charge in [0.2, 0.25) is 0 Å². The fourth-order valence-corrected chi connectivity index (χ4v) is 2.41. The Labute approximate surface area is 136 Å². The molecule has 0 unspecified atom stereocenters. The Morgan fingerprint density at radius 3 is 2.58 bits per heavy atom. The number of nitrogens with one attached hydrogen (secondary N) is 1. The number of carbonyl (C=O) groups is 1. The van der Waals surface area contributed by atoms with Gasteiger partial charge in [-0.05, 0) is 43.3 Å². The predicted molar refractivity (Wildman–Crippen MR) is 85.9 cm³/mol. The number of halogens is 3. The van der Waals surface area contributed by atoms with E-state index in [4.69, 9.17) is 0 Å². The van der Waals surface area contributed by atoms with Gasteiger partial charge in [0.05, 0.1) is 16.8 Å². The van der Waals surface area contributed by atoms with Crippen molar-refractivity contribution in [3.8, 4) is 0 Å². The number of pyridine rings is 1. The quantitative estimate of drug-likeness (QED) is 0.732. The third-order valence-corrected chi connectivity index (χ3v) is 3.60. The van der Waals surface area contributed by atoms with Gasteiger partial charge in [-0.2, -0.15) is 13.2 Å². The first kappa shape index (κ1) is 16.0. The van der Waals surface area contributed by atoms with Gasteiger partial charge in [0, 0.05) is 17.1 Å². The van der Waals surface area contributed by atoms with Crippen LogP contribution in [-0.4, -0.2) is 10.9 Å². The number of hydrogen-bond acceptors (Lipinski definition) is 2. The summed E-state index contributed by atoms with van der Waals surface area (Å²) in [4.78, 5) is 16.4. The van der Waals surface area contributed by atoms with E-state index in [-0.39, 0.29) is 17.0 Å². The number of aryl methyl sites for hydroxylation is 1. The van der Waals surface area contributed by atoms with Crippen LogP contribution in [-0.2, 0) is 6.18 Å². The molecule has 0 aliphatic heterocycles. The van der Waals surface area contributed by atoms with Crippen LogP contribution in [0.15, 0.2) is 54.7 Å². The standard InChI is InChI=1S/C18H13F3N2O/c1-11-3-2-4-12(9-11)17(24)23-16-7-8-22-15-6-5-13(10-14(15)16)18(19,20)21/h2-10H,1H3,(H,22,23,24). The van der Waals surface area contributed by atoms with Crippen LogP contribution in [0.25, 0.3) is 10.9 Å². The summed E-state index contributed by atoms with van der Waals surface area (Å²) in [5.74, 6) is -0.386. The highest BCUT2D eigenvalue weighted by Gasteiger charge is 2.30. The Kier molecular flexibility index (Phi) is 3.97. The Morgan fingerprint density at radius 2 is 1.88 bits per heavy atom. The third-order valence-electron chi connectivity index (χ3n) is 3.60. The molecule has 6 heteroatoms. The highest BCUT2D eigenvalue weighted by Crippen LogP contribution is 2.33. The first-order valence-corrected chi connectivity index (χ1v) is 7.18. The molecule has 122 valence electrons. The van der Waals surface area contributed by atoms with Crippen molar-refractivity contribution in [2.75, 3.05) is 5.32 Å². The smallest absolute Gasteiger partial charge is 0.321 e. The fourth-order valence-electron chi connectivity index (χ4n) is 2.41. The molecule has 3 rings (SSSR count). The number of nitrogens with zero attached hydrogens (tertiary/aromatic N) is 1. The zero-order chi connectivity index (χ0) is 17.3. The van der Waals surface area contributed by atoms with Crippen molar-refractivity contribution in [2.45, 2.75) is 13.1 Å². The maximum absolute atomic E-state index is 12.9. The zero-order valence-electron chi connectivity index (χ0n) is 12.7. The summed E-state index contributed by atoms with van der Waals surface area (Å²) in [5, 5.41) is 2.90. The molecule has 0 saturated carbocycles. The van der Waals surface area contributed by atoms with E-state index in [0.29, 0.717) is 11.1 Å². The monoisotopic (exact) mass is 330 g/mol. The number of rotatable bonds is 2. The minimum atomic E-state index is -4.46. The summed E-state index contributed by atoms with van der Waals surface area (Å²) >= 11 is 0. The third kappa shape index (κ3) is 3.22. The highest BCUT2D eigenvalue weighted by molar-refractivity contribution is 6.08. The van der Waals surface area contributed by atoms with Gasteiger partial charge in [-0.3, -0.25) is 9.78 Å². The number of anilines is 1. The second-order valence-electron chi connectivity index (χ2n) is 5.41. The molecular formula is C18H13F3N2O. The number of alkyl halides is 3. The average Bonchev–Trinajstić information content (AvgIpc) is 2.54. The highest BCUT2D eigenvalue weighted by atomic mass is 19.4.